The van der Waals surface area contributed by atoms with Crippen LogP contribution in [0.4, 0.5) is 0 Å². The Morgan fingerprint density at radius 1 is 0.966 bits per heavy atom. The van der Waals surface area contributed by atoms with E-state index in [-0.39, 0.29) is 0 Å². The monoisotopic (exact) mass is 408 g/mol. The Labute approximate surface area is 173 Å². The van der Waals surface area contributed by atoms with E-state index in [1.165, 1.54) is 41.4 Å². The fraction of sp³-hybridized carbons (Fsp3) is 0.375. The minimum atomic E-state index is -3.13. The second-order valence-electron chi connectivity index (χ2n) is 8.15. The van der Waals surface area contributed by atoms with Gasteiger partial charge in [-0.2, -0.15) is 0 Å². The van der Waals surface area contributed by atoms with Gasteiger partial charge in [-0.3, -0.25) is 9.89 Å². The molecule has 0 amide bonds. The van der Waals surface area contributed by atoms with Gasteiger partial charge in [-0.15, -0.1) is 0 Å². The van der Waals surface area contributed by atoms with Crippen LogP contribution >= 0.6 is 0 Å². The molecule has 4 nitrogen and oxygen atoms in total. The summed E-state index contributed by atoms with van der Waals surface area (Å²) in [7, 11) is -3.13. The van der Waals surface area contributed by atoms with E-state index >= 15 is 0 Å². The van der Waals surface area contributed by atoms with E-state index in [1.54, 1.807) is 12.1 Å². The molecule has 0 radical (unpaired) electrons. The fourth-order valence-corrected chi connectivity index (χ4v) is 4.98. The second kappa shape index (κ2) is 8.64. The van der Waals surface area contributed by atoms with Gasteiger partial charge in [0.1, 0.15) is 0 Å². The van der Waals surface area contributed by atoms with E-state index in [0.717, 1.165) is 32.6 Å². The number of piperidine rings is 1. The largest absolute Gasteiger partial charge is 0.299 e. The number of sulfone groups is 1. The number of hydrogen-bond donors (Lipinski definition) is 0. The molecule has 0 aliphatic carbocycles. The van der Waals surface area contributed by atoms with Gasteiger partial charge in [0.25, 0.3) is 0 Å². The zero-order chi connectivity index (χ0) is 20.3. The summed E-state index contributed by atoms with van der Waals surface area (Å²) in [5.74, 6) is 0.625. The average molecular weight is 409 g/mol. The summed E-state index contributed by atoms with van der Waals surface area (Å²) in [4.78, 5) is 7.43. The quantitative estimate of drug-likeness (QED) is 0.728. The normalized spacial score (nSPS) is 18.5. The first-order chi connectivity index (χ1) is 14.0. The van der Waals surface area contributed by atoms with Crippen molar-refractivity contribution in [2.75, 3.05) is 25.9 Å². The molecule has 152 valence electrons. The van der Waals surface area contributed by atoms with Crippen LogP contribution in [0.25, 0.3) is 0 Å². The van der Waals surface area contributed by atoms with Crippen molar-refractivity contribution in [1.82, 2.24) is 4.90 Å². The lowest BCUT2D eigenvalue weighted by Gasteiger charge is -2.33. The van der Waals surface area contributed by atoms with Gasteiger partial charge < -0.3 is 0 Å². The van der Waals surface area contributed by atoms with Crippen LogP contribution in [-0.4, -0.2) is 45.4 Å². The van der Waals surface area contributed by atoms with E-state index in [1.807, 2.05) is 12.1 Å². The predicted octanol–water partition coefficient (Wildman–Crippen LogP) is 3.93. The molecule has 2 aliphatic heterocycles. The maximum Gasteiger partial charge on any atom is 0.175 e. The van der Waals surface area contributed by atoms with Gasteiger partial charge in [0.2, 0.25) is 0 Å². The van der Waals surface area contributed by atoms with Crippen molar-refractivity contribution in [2.45, 2.75) is 30.7 Å². The number of rotatable bonds is 6. The Morgan fingerprint density at radius 2 is 1.66 bits per heavy atom. The van der Waals surface area contributed by atoms with Crippen molar-refractivity contribution < 1.29 is 8.42 Å². The highest BCUT2D eigenvalue weighted by molar-refractivity contribution is 7.90. The van der Waals surface area contributed by atoms with E-state index in [0.29, 0.717) is 10.8 Å². The van der Waals surface area contributed by atoms with Crippen LogP contribution in [0, 0.1) is 5.92 Å². The number of hydrogen-bond acceptors (Lipinski definition) is 4. The Bertz CT molecular complexity index is 1000. The molecule has 29 heavy (non-hydrogen) atoms. The highest BCUT2D eigenvalue weighted by Gasteiger charge is 2.25. The van der Waals surface area contributed by atoms with Crippen LogP contribution in [0.3, 0.4) is 0 Å². The SMILES string of the molecule is CS(=O)(=O)c1ccc(CN2CCC(C3=C(Cc4ccccc4)C=NC3)CC2)cc1. The van der Waals surface area contributed by atoms with Crippen LogP contribution < -0.4 is 0 Å². The third kappa shape index (κ3) is 5.03. The zero-order valence-corrected chi connectivity index (χ0v) is 17.7. The van der Waals surface area contributed by atoms with Gasteiger partial charge in [0.15, 0.2) is 9.84 Å². The Morgan fingerprint density at radius 3 is 2.31 bits per heavy atom. The molecule has 0 unspecified atom stereocenters. The Kier molecular flexibility index (Phi) is 5.97. The lowest BCUT2D eigenvalue weighted by molar-refractivity contribution is 0.190. The minimum absolute atomic E-state index is 0.388. The summed E-state index contributed by atoms with van der Waals surface area (Å²) in [5.41, 5.74) is 5.46. The fourth-order valence-electron chi connectivity index (χ4n) is 4.34. The highest BCUT2D eigenvalue weighted by Crippen LogP contribution is 2.31. The number of aliphatic imine (C=N–C) groups is 1. The number of nitrogens with zero attached hydrogens (tertiary/aromatic N) is 2. The summed E-state index contributed by atoms with van der Waals surface area (Å²) >= 11 is 0. The van der Waals surface area contributed by atoms with E-state index < -0.39 is 9.84 Å². The third-order valence-corrected chi connectivity index (χ3v) is 7.13. The lowest BCUT2D eigenvalue weighted by atomic mass is 9.85. The molecular weight excluding hydrogens is 380 g/mol. The molecule has 0 aromatic heterocycles. The molecule has 2 aromatic rings. The molecule has 2 aliphatic rings. The Hall–Kier alpha value is -2.24. The van der Waals surface area contributed by atoms with Crippen molar-refractivity contribution in [3.63, 3.8) is 0 Å². The molecule has 5 heteroatoms. The molecular formula is C24H28N2O2S. The van der Waals surface area contributed by atoms with E-state index in [4.69, 9.17) is 0 Å². The van der Waals surface area contributed by atoms with Crippen LogP contribution in [0.15, 0.2) is 75.6 Å². The third-order valence-electron chi connectivity index (χ3n) is 6.00. The molecule has 0 spiro atoms. The van der Waals surface area contributed by atoms with Gasteiger partial charge in [-0.05, 0) is 72.7 Å². The first-order valence-electron chi connectivity index (χ1n) is 10.3. The van der Waals surface area contributed by atoms with Crippen molar-refractivity contribution in [3.8, 4) is 0 Å². The molecule has 4 rings (SSSR count). The van der Waals surface area contributed by atoms with Crippen molar-refractivity contribution >= 4 is 16.1 Å². The topological polar surface area (TPSA) is 49.7 Å². The van der Waals surface area contributed by atoms with Gasteiger partial charge in [-0.1, -0.05) is 42.5 Å². The summed E-state index contributed by atoms with van der Waals surface area (Å²) in [5, 5.41) is 0. The van der Waals surface area contributed by atoms with Gasteiger partial charge >= 0.3 is 0 Å². The van der Waals surface area contributed by atoms with Crippen LogP contribution in [0.2, 0.25) is 0 Å². The Balaban J connectivity index is 1.35. The van der Waals surface area contributed by atoms with Crippen LogP contribution in [0.5, 0.6) is 0 Å². The molecule has 0 N–H and O–H groups in total. The number of likely N-dealkylation sites (tertiary alicyclic amines) is 1. The van der Waals surface area contributed by atoms with Gasteiger partial charge in [0.05, 0.1) is 11.4 Å². The minimum Gasteiger partial charge on any atom is -0.299 e. The van der Waals surface area contributed by atoms with Gasteiger partial charge in [0, 0.05) is 19.0 Å². The van der Waals surface area contributed by atoms with E-state index in [9.17, 15) is 8.42 Å². The molecule has 1 fully saturated rings. The summed E-state index contributed by atoms with van der Waals surface area (Å²) in [6, 6.07) is 17.9. The summed E-state index contributed by atoms with van der Waals surface area (Å²) in [6.07, 6.45) is 6.64. The summed E-state index contributed by atoms with van der Waals surface area (Å²) in [6.45, 7) is 3.88. The maximum absolute atomic E-state index is 11.6. The van der Waals surface area contributed by atoms with Crippen molar-refractivity contribution in [3.05, 3.63) is 76.9 Å². The van der Waals surface area contributed by atoms with Gasteiger partial charge in [-0.25, -0.2) is 8.42 Å². The molecule has 0 atom stereocenters. The summed E-state index contributed by atoms with van der Waals surface area (Å²) < 4.78 is 23.2. The van der Waals surface area contributed by atoms with Crippen LogP contribution in [0.1, 0.15) is 24.0 Å². The standard InChI is InChI=1S/C24H28N2O2S/c1-29(27,28)23-9-7-20(8-10-23)18-26-13-11-21(12-14-26)24-17-25-16-22(24)15-19-5-3-2-4-6-19/h2-10,16,21H,11-15,17-18H2,1H3. The van der Waals surface area contributed by atoms with Crippen LogP contribution in [-0.2, 0) is 22.8 Å². The average Bonchev–Trinajstić information content (AvgIpc) is 3.17. The molecule has 1 saturated heterocycles. The second-order valence-corrected chi connectivity index (χ2v) is 10.2. The lowest BCUT2D eigenvalue weighted by Crippen LogP contribution is -2.34. The van der Waals surface area contributed by atoms with E-state index in [2.05, 4.69) is 46.4 Å². The smallest absolute Gasteiger partial charge is 0.175 e. The first kappa shape index (κ1) is 20.0. The molecule has 0 saturated carbocycles. The number of benzene rings is 2. The van der Waals surface area contributed by atoms with Crippen molar-refractivity contribution in [1.29, 1.82) is 0 Å². The predicted molar refractivity (Wildman–Crippen MR) is 118 cm³/mol. The molecule has 2 aromatic carbocycles. The molecule has 2 heterocycles. The number of allylic oxidation sites excluding steroid dienone is 1. The highest BCUT2D eigenvalue weighted by atomic mass is 32.2. The van der Waals surface area contributed by atoms with Crippen molar-refractivity contribution in [2.24, 2.45) is 10.9 Å². The zero-order valence-electron chi connectivity index (χ0n) is 16.9. The first-order valence-corrected chi connectivity index (χ1v) is 12.2. The molecule has 0 bridgehead atoms. The maximum atomic E-state index is 11.6.